The first-order valence-electron chi connectivity index (χ1n) is 9.65. The smallest absolute Gasteiger partial charge is 0.274 e. The molecule has 0 bridgehead atoms. The van der Waals surface area contributed by atoms with Gasteiger partial charge in [-0.05, 0) is 67.4 Å². The van der Waals surface area contributed by atoms with Gasteiger partial charge in [0.25, 0.3) is 5.89 Å². The van der Waals surface area contributed by atoms with Gasteiger partial charge in [0.1, 0.15) is 12.2 Å². The monoisotopic (exact) mass is 420 g/mol. The van der Waals surface area contributed by atoms with Crippen LogP contribution >= 0.6 is 0 Å². The van der Waals surface area contributed by atoms with Crippen molar-refractivity contribution < 1.29 is 18.4 Å². The minimum atomic E-state index is -0.516. The molecule has 1 N–H and O–H groups in total. The number of nitrogens with zero attached hydrogens (tertiary/aromatic N) is 3. The van der Waals surface area contributed by atoms with Gasteiger partial charge in [-0.1, -0.05) is 11.2 Å². The molecule has 7 nitrogen and oxygen atoms in total. The molecule has 0 aliphatic carbocycles. The fraction of sp³-hybridized carbons (Fsp3) is 0.174. The van der Waals surface area contributed by atoms with Crippen molar-refractivity contribution in [1.29, 1.82) is 0 Å². The lowest BCUT2D eigenvalue weighted by atomic mass is 10.1. The van der Waals surface area contributed by atoms with Crippen LogP contribution in [0.5, 0.6) is 5.75 Å². The molecule has 1 amide bonds. The van der Waals surface area contributed by atoms with Crippen LogP contribution in [-0.4, -0.2) is 27.7 Å². The SMILES string of the molecule is COc1ccc(-c2noc(-c3cccn3CC(=O)Nc3ccc(C)c(C)c3)n2)cc1F. The number of hydrogen-bond donors (Lipinski definition) is 1. The Morgan fingerprint density at radius 1 is 1.16 bits per heavy atom. The van der Waals surface area contributed by atoms with E-state index in [0.29, 0.717) is 11.3 Å². The van der Waals surface area contributed by atoms with E-state index in [2.05, 4.69) is 15.5 Å². The number of halogens is 1. The molecule has 2 aromatic carbocycles. The average Bonchev–Trinajstić information content (AvgIpc) is 3.40. The van der Waals surface area contributed by atoms with Gasteiger partial charge in [0.05, 0.1) is 7.11 Å². The Morgan fingerprint density at radius 2 is 2.00 bits per heavy atom. The van der Waals surface area contributed by atoms with Crippen molar-refractivity contribution in [2.45, 2.75) is 20.4 Å². The number of carbonyl (C=O) groups is 1. The molecule has 31 heavy (non-hydrogen) atoms. The van der Waals surface area contributed by atoms with E-state index in [9.17, 15) is 9.18 Å². The number of methoxy groups -OCH3 is 1. The number of aryl methyl sites for hydroxylation is 2. The largest absolute Gasteiger partial charge is 0.494 e. The minimum Gasteiger partial charge on any atom is -0.494 e. The van der Waals surface area contributed by atoms with Crippen molar-refractivity contribution in [1.82, 2.24) is 14.7 Å². The highest BCUT2D eigenvalue weighted by Crippen LogP contribution is 2.26. The zero-order valence-electron chi connectivity index (χ0n) is 17.3. The van der Waals surface area contributed by atoms with Crippen LogP contribution < -0.4 is 10.1 Å². The molecule has 4 rings (SSSR count). The maximum atomic E-state index is 14.0. The highest BCUT2D eigenvalue weighted by Gasteiger charge is 2.17. The maximum absolute atomic E-state index is 14.0. The minimum absolute atomic E-state index is 0.0735. The Morgan fingerprint density at radius 3 is 2.74 bits per heavy atom. The summed E-state index contributed by atoms with van der Waals surface area (Å²) in [5.74, 6) is -0.0920. The summed E-state index contributed by atoms with van der Waals surface area (Å²) in [5, 5.41) is 6.83. The number of nitrogens with one attached hydrogen (secondary N) is 1. The normalized spacial score (nSPS) is 10.8. The predicted octanol–water partition coefficient (Wildman–Crippen LogP) is 4.61. The van der Waals surface area contributed by atoms with E-state index in [1.165, 1.54) is 19.2 Å². The number of ether oxygens (including phenoxy) is 1. The summed E-state index contributed by atoms with van der Waals surface area (Å²) < 4.78 is 26.0. The zero-order chi connectivity index (χ0) is 22.0. The number of anilines is 1. The molecular formula is C23H21FN4O3. The van der Waals surface area contributed by atoms with E-state index in [0.717, 1.165) is 16.8 Å². The summed E-state index contributed by atoms with van der Waals surface area (Å²) in [5.41, 5.74) is 4.05. The second-order valence-corrected chi connectivity index (χ2v) is 7.14. The molecule has 4 aromatic rings. The maximum Gasteiger partial charge on any atom is 0.274 e. The number of aromatic nitrogens is 3. The number of hydrogen-bond acceptors (Lipinski definition) is 5. The molecule has 0 unspecified atom stereocenters. The Hall–Kier alpha value is -3.94. The molecule has 8 heteroatoms. The van der Waals surface area contributed by atoms with E-state index in [1.807, 2.05) is 32.0 Å². The van der Waals surface area contributed by atoms with Crippen LogP contribution in [0.15, 0.2) is 59.3 Å². The molecule has 0 spiro atoms. The highest BCUT2D eigenvalue weighted by molar-refractivity contribution is 5.91. The molecule has 158 valence electrons. The lowest BCUT2D eigenvalue weighted by Crippen LogP contribution is -2.18. The van der Waals surface area contributed by atoms with Crippen molar-refractivity contribution in [3.8, 4) is 28.7 Å². The summed E-state index contributed by atoms with van der Waals surface area (Å²) in [6, 6.07) is 13.8. The molecular weight excluding hydrogens is 399 g/mol. The summed E-state index contributed by atoms with van der Waals surface area (Å²) in [4.78, 5) is 16.9. The van der Waals surface area contributed by atoms with Crippen LogP contribution in [0, 0.1) is 19.7 Å². The van der Waals surface area contributed by atoms with Gasteiger partial charge in [-0.25, -0.2) is 4.39 Å². The molecule has 0 saturated heterocycles. The van der Waals surface area contributed by atoms with Crippen LogP contribution in [0.4, 0.5) is 10.1 Å². The van der Waals surface area contributed by atoms with Crippen LogP contribution in [0.2, 0.25) is 0 Å². The van der Waals surface area contributed by atoms with Crippen molar-refractivity contribution in [2.24, 2.45) is 0 Å². The number of amides is 1. The van der Waals surface area contributed by atoms with E-state index >= 15 is 0 Å². The summed E-state index contributed by atoms with van der Waals surface area (Å²) >= 11 is 0. The quantitative estimate of drug-likeness (QED) is 0.493. The third-order valence-electron chi connectivity index (χ3n) is 4.99. The summed E-state index contributed by atoms with van der Waals surface area (Å²) in [6.45, 7) is 4.09. The number of rotatable bonds is 6. The van der Waals surface area contributed by atoms with Gasteiger partial charge in [0.2, 0.25) is 11.7 Å². The fourth-order valence-corrected chi connectivity index (χ4v) is 3.17. The van der Waals surface area contributed by atoms with Gasteiger partial charge in [0.15, 0.2) is 11.6 Å². The molecule has 2 heterocycles. The summed E-state index contributed by atoms with van der Waals surface area (Å²) in [7, 11) is 1.40. The zero-order valence-corrected chi connectivity index (χ0v) is 17.3. The molecule has 0 aliphatic rings. The van der Waals surface area contributed by atoms with Crippen LogP contribution in [0.25, 0.3) is 23.0 Å². The van der Waals surface area contributed by atoms with Gasteiger partial charge in [-0.3, -0.25) is 4.79 Å². The Balaban J connectivity index is 1.51. The molecule has 0 radical (unpaired) electrons. The fourth-order valence-electron chi connectivity index (χ4n) is 3.17. The summed E-state index contributed by atoms with van der Waals surface area (Å²) in [6.07, 6.45) is 1.76. The standard InChI is InChI=1S/C23H21FN4O3/c1-14-6-8-17(11-15(14)2)25-21(29)13-28-10-4-5-19(28)23-26-22(27-31-23)16-7-9-20(30-3)18(24)12-16/h4-12H,13H2,1-3H3,(H,25,29). The number of carbonyl (C=O) groups excluding carboxylic acids is 1. The van der Waals surface area contributed by atoms with Gasteiger partial charge in [-0.2, -0.15) is 4.98 Å². The Kier molecular flexibility index (Phi) is 5.53. The van der Waals surface area contributed by atoms with Crippen LogP contribution in [0.1, 0.15) is 11.1 Å². The first-order chi connectivity index (χ1) is 14.9. The lowest BCUT2D eigenvalue weighted by molar-refractivity contribution is -0.116. The molecule has 0 fully saturated rings. The van der Waals surface area contributed by atoms with E-state index in [1.54, 1.807) is 29.0 Å². The van der Waals surface area contributed by atoms with Gasteiger partial charge < -0.3 is 19.1 Å². The van der Waals surface area contributed by atoms with Crippen molar-refractivity contribution in [3.05, 3.63) is 71.7 Å². The number of benzene rings is 2. The second kappa shape index (κ2) is 8.43. The topological polar surface area (TPSA) is 82.2 Å². The van der Waals surface area contributed by atoms with Gasteiger partial charge in [-0.15, -0.1) is 0 Å². The third kappa shape index (κ3) is 4.32. The lowest BCUT2D eigenvalue weighted by Gasteiger charge is -2.09. The third-order valence-corrected chi connectivity index (χ3v) is 4.99. The van der Waals surface area contributed by atoms with E-state index < -0.39 is 5.82 Å². The van der Waals surface area contributed by atoms with Crippen molar-refractivity contribution in [2.75, 3.05) is 12.4 Å². The van der Waals surface area contributed by atoms with Gasteiger partial charge >= 0.3 is 0 Å². The van der Waals surface area contributed by atoms with Crippen molar-refractivity contribution in [3.63, 3.8) is 0 Å². The first kappa shape index (κ1) is 20.3. The average molecular weight is 420 g/mol. The van der Waals surface area contributed by atoms with Crippen molar-refractivity contribution >= 4 is 11.6 Å². The second-order valence-electron chi connectivity index (χ2n) is 7.14. The predicted molar refractivity (Wildman–Crippen MR) is 114 cm³/mol. The molecule has 2 aromatic heterocycles. The molecule has 0 saturated carbocycles. The molecule has 0 atom stereocenters. The first-order valence-corrected chi connectivity index (χ1v) is 9.65. The molecule has 0 aliphatic heterocycles. The van der Waals surface area contributed by atoms with Crippen LogP contribution in [-0.2, 0) is 11.3 Å². The Labute approximate surface area is 178 Å². The highest BCUT2D eigenvalue weighted by atomic mass is 19.1. The van der Waals surface area contributed by atoms with Gasteiger partial charge in [0, 0.05) is 17.4 Å². The Bertz CT molecular complexity index is 1250. The van der Waals surface area contributed by atoms with E-state index in [-0.39, 0.29) is 29.9 Å². The van der Waals surface area contributed by atoms with E-state index in [4.69, 9.17) is 9.26 Å². The van der Waals surface area contributed by atoms with Crippen LogP contribution in [0.3, 0.4) is 0 Å².